The smallest absolute Gasteiger partial charge is 0.397 e. The molecule has 0 aliphatic heterocycles. The molecule has 0 bridgehead atoms. The second-order valence-corrected chi connectivity index (χ2v) is 7.14. The average molecular weight is 398 g/mol. The number of thiophene rings is 1. The van der Waals surface area contributed by atoms with Crippen LogP contribution in [-0.2, 0) is 6.18 Å². The highest BCUT2D eigenvalue weighted by Crippen LogP contribution is 2.43. The molecule has 4 rings (SSSR count). The van der Waals surface area contributed by atoms with Gasteiger partial charge in [0, 0.05) is 16.5 Å². The number of rotatable bonds is 3. The number of halogens is 3. The van der Waals surface area contributed by atoms with Gasteiger partial charge in [0.25, 0.3) is 0 Å². The lowest BCUT2D eigenvalue weighted by molar-refractivity contribution is -0.136. The van der Waals surface area contributed by atoms with Crippen LogP contribution < -0.4 is 5.73 Å². The van der Waals surface area contributed by atoms with E-state index in [9.17, 15) is 18.0 Å². The Hall–Kier alpha value is -3.19. The number of anilines is 1. The van der Waals surface area contributed by atoms with E-state index in [1.807, 2.05) is 0 Å². The molecule has 0 aliphatic carbocycles. The van der Waals surface area contributed by atoms with Crippen LogP contribution in [0.15, 0.2) is 66.7 Å². The minimum Gasteiger partial charge on any atom is -0.397 e. The molecule has 0 atom stereocenters. The van der Waals surface area contributed by atoms with Crippen LogP contribution >= 0.6 is 11.3 Å². The third kappa shape index (κ3) is 3.14. The summed E-state index contributed by atoms with van der Waals surface area (Å²) in [6.07, 6.45) is -4.63. The summed E-state index contributed by atoms with van der Waals surface area (Å²) in [5.41, 5.74) is 6.03. The molecular weight excluding hydrogens is 385 g/mol. The Kier molecular flexibility index (Phi) is 4.39. The highest BCUT2D eigenvalue weighted by atomic mass is 32.1. The Labute approximate surface area is 162 Å². The monoisotopic (exact) mass is 398 g/mol. The minimum absolute atomic E-state index is 0.0596. The first-order valence-electron chi connectivity index (χ1n) is 8.31. The van der Waals surface area contributed by atoms with Gasteiger partial charge in [-0.1, -0.05) is 60.7 Å². The Morgan fingerprint density at radius 2 is 1.57 bits per heavy atom. The zero-order valence-electron chi connectivity index (χ0n) is 14.3. The first-order valence-corrected chi connectivity index (χ1v) is 9.13. The number of nitrogens with zero attached hydrogens (tertiary/aromatic N) is 1. The molecule has 0 saturated carbocycles. The zero-order valence-corrected chi connectivity index (χ0v) is 15.1. The number of carbonyl (C=O) groups excluding carboxylic acids is 1. The third-order valence-corrected chi connectivity index (χ3v) is 5.41. The van der Waals surface area contributed by atoms with E-state index >= 15 is 0 Å². The summed E-state index contributed by atoms with van der Waals surface area (Å²) in [7, 11) is 0. The van der Waals surface area contributed by atoms with Gasteiger partial charge in [0.15, 0.2) is 0 Å². The van der Waals surface area contributed by atoms with E-state index in [0.717, 1.165) is 17.4 Å². The molecule has 0 unspecified atom stereocenters. The Morgan fingerprint density at radius 3 is 2.18 bits per heavy atom. The zero-order chi connectivity index (χ0) is 19.9. The number of aromatic nitrogens is 1. The fourth-order valence-electron chi connectivity index (χ4n) is 2.99. The normalized spacial score (nSPS) is 11.7. The van der Waals surface area contributed by atoms with Crippen LogP contribution in [-0.4, -0.2) is 10.8 Å². The molecule has 3 nitrogen and oxygen atoms in total. The van der Waals surface area contributed by atoms with Crippen molar-refractivity contribution < 1.29 is 18.0 Å². The first kappa shape index (κ1) is 18.2. The summed E-state index contributed by atoms with van der Waals surface area (Å²) in [5, 5.41) is -0.225. The van der Waals surface area contributed by atoms with Crippen molar-refractivity contribution in [2.45, 2.75) is 6.18 Å². The molecule has 0 radical (unpaired) electrons. The van der Waals surface area contributed by atoms with Crippen molar-refractivity contribution in [3.8, 4) is 11.3 Å². The first-order chi connectivity index (χ1) is 13.4. The molecule has 2 aromatic heterocycles. The predicted molar refractivity (Wildman–Crippen MR) is 104 cm³/mol. The van der Waals surface area contributed by atoms with E-state index in [1.165, 1.54) is 0 Å². The van der Waals surface area contributed by atoms with Gasteiger partial charge in [-0.3, -0.25) is 4.79 Å². The fourth-order valence-corrected chi connectivity index (χ4v) is 4.07. The van der Waals surface area contributed by atoms with Gasteiger partial charge in [0.2, 0.25) is 5.78 Å². The van der Waals surface area contributed by atoms with Crippen molar-refractivity contribution in [2.24, 2.45) is 0 Å². The maximum Gasteiger partial charge on any atom is 0.417 e. The van der Waals surface area contributed by atoms with Gasteiger partial charge in [-0.2, -0.15) is 13.2 Å². The van der Waals surface area contributed by atoms with E-state index in [4.69, 9.17) is 5.73 Å². The van der Waals surface area contributed by atoms with E-state index < -0.39 is 17.5 Å². The average Bonchev–Trinajstić information content (AvgIpc) is 3.04. The van der Waals surface area contributed by atoms with Crippen LogP contribution in [0.5, 0.6) is 0 Å². The quantitative estimate of drug-likeness (QED) is 0.444. The number of fused-ring (bicyclic) bond motifs is 1. The van der Waals surface area contributed by atoms with Gasteiger partial charge in [-0.15, -0.1) is 11.3 Å². The van der Waals surface area contributed by atoms with Crippen molar-refractivity contribution in [3.05, 3.63) is 82.7 Å². The fraction of sp³-hybridized carbons (Fsp3) is 0.0476. The number of hydrogen-bond donors (Lipinski definition) is 1. The van der Waals surface area contributed by atoms with Gasteiger partial charge in [0.05, 0.1) is 16.9 Å². The maximum absolute atomic E-state index is 13.8. The number of nitrogen functional groups attached to an aromatic ring is 1. The maximum atomic E-state index is 13.8. The SMILES string of the molecule is Nc1c(C(=O)c2ccccc2)sc2nc(-c3ccccc3)cc(C(F)(F)F)c12. The Bertz CT molecular complexity index is 1170. The molecule has 0 spiro atoms. The summed E-state index contributed by atoms with van der Waals surface area (Å²) in [5.74, 6) is -0.421. The molecule has 4 aromatic rings. The summed E-state index contributed by atoms with van der Waals surface area (Å²) < 4.78 is 41.3. The van der Waals surface area contributed by atoms with Crippen LogP contribution in [0.3, 0.4) is 0 Å². The summed E-state index contributed by atoms with van der Waals surface area (Å²) in [4.78, 5) is 17.3. The van der Waals surface area contributed by atoms with Crippen LogP contribution in [0.1, 0.15) is 20.8 Å². The number of benzene rings is 2. The van der Waals surface area contributed by atoms with Gasteiger partial charge < -0.3 is 5.73 Å². The molecule has 0 aliphatic rings. The highest BCUT2D eigenvalue weighted by molar-refractivity contribution is 7.21. The molecule has 140 valence electrons. The molecule has 0 saturated heterocycles. The summed E-state index contributed by atoms with van der Waals surface area (Å²) in [6.45, 7) is 0. The molecule has 0 amide bonds. The molecule has 2 aromatic carbocycles. The number of alkyl halides is 3. The van der Waals surface area contributed by atoms with Crippen molar-refractivity contribution >= 4 is 33.0 Å². The molecular formula is C21H13F3N2OS. The lowest BCUT2D eigenvalue weighted by Gasteiger charge is -2.11. The number of hydrogen-bond acceptors (Lipinski definition) is 4. The van der Waals surface area contributed by atoms with E-state index in [0.29, 0.717) is 11.1 Å². The molecule has 0 fully saturated rings. The standard InChI is InChI=1S/C21H13F3N2OS/c22-21(23,24)14-11-15(12-7-3-1-4-8-12)26-20-16(14)17(25)19(28-20)18(27)13-9-5-2-6-10-13/h1-11H,25H2. The highest BCUT2D eigenvalue weighted by Gasteiger charge is 2.36. The van der Waals surface area contributed by atoms with Gasteiger partial charge in [0.1, 0.15) is 9.71 Å². The largest absolute Gasteiger partial charge is 0.417 e. The van der Waals surface area contributed by atoms with E-state index in [1.54, 1.807) is 60.7 Å². The van der Waals surface area contributed by atoms with Crippen LogP contribution in [0.25, 0.3) is 21.5 Å². The van der Waals surface area contributed by atoms with Crippen LogP contribution in [0, 0.1) is 0 Å². The third-order valence-electron chi connectivity index (χ3n) is 4.32. The molecule has 2 N–H and O–H groups in total. The number of nitrogens with two attached hydrogens (primary N) is 1. The lowest BCUT2D eigenvalue weighted by Crippen LogP contribution is -2.08. The number of carbonyl (C=O) groups is 1. The van der Waals surface area contributed by atoms with Gasteiger partial charge in [-0.25, -0.2) is 4.98 Å². The Morgan fingerprint density at radius 1 is 0.964 bits per heavy atom. The topological polar surface area (TPSA) is 56.0 Å². The Balaban J connectivity index is 1.97. The van der Waals surface area contributed by atoms with Crippen LogP contribution in [0.2, 0.25) is 0 Å². The van der Waals surface area contributed by atoms with Crippen molar-refractivity contribution in [1.29, 1.82) is 0 Å². The predicted octanol–water partition coefficient (Wildman–Crippen LogP) is 5.80. The number of ketones is 1. The second-order valence-electron chi connectivity index (χ2n) is 6.14. The summed E-state index contributed by atoms with van der Waals surface area (Å²) in [6, 6.07) is 17.9. The van der Waals surface area contributed by atoms with Gasteiger partial charge >= 0.3 is 6.18 Å². The second kappa shape index (κ2) is 6.76. The lowest BCUT2D eigenvalue weighted by atomic mass is 10.0. The van der Waals surface area contributed by atoms with Crippen LogP contribution in [0.4, 0.5) is 18.9 Å². The van der Waals surface area contributed by atoms with Crippen molar-refractivity contribution in [3.63, 3.8) is 0 Å². The van der Waals surface area contributed by atoms with E-state index in [-0.39, 0.29) is 26.5 Å². The molecule has 2 heterocycles. The minimum atomic E-state index is -4.63. The number of pyridine rings is 1. The van der Waals surface area contributed by atoms with Crippen molar-refractivity contribution in [1.82, 2.24) is 4.98 Å². The molecule has 7 heteroatoms. The van der Waals surface area contributed by atoms with Gasteiger partial charge in [-0.05, 0) is 6.07 Å². The van der Waals surface area contributed by atoms with Crippen molar-refractivity contribution in [2.75, 3.05) is 5.73 Å². The molecule has 28 heavy (non-hydrogen) atoms. The van der Waals surface area contributed by atoms with E-state index in [2.05, 4.69) is 4.98 Å². The summed E-state index contributed by atoms with van der Waals surface area (Å²) >= 11 is 0.880.